The Balaban J connectivity index is 2.40. The van der Waals surface area contributed by atoms with Crippen LogP contribution in [0.2, 0.25) is 0 Å². The van der Waals surface area contributed by atoms with Gasteiger partial charge in [-0.3, -0.25) is 0 Å². The smallest absolute Gasteiger partial charge is 0.166 e. The first-order valence-electron chi connectivity index (χ1n) is 6.86. The Bertz CT molecular complexity index is 572. The second-order valence-electron chi connectivity index (χ2n) is 4.78. The van der Waals surface area contributed by atoms with E-state index in [9.17, 15) is 5.11 Å². The average molecular weight is 287 g/mol. The van der Waals surface area contributed by atoms with Gasteiger partial charge in [-0.15, -0.1) is 0 Å². The molecule has 0 fully saturated rings. The highest BCUT2D eigenvalue weighted by Gasteiger charge is 2.25. The summed E-state index contributed by atoms with van der Waals surface area (Å²) < 4.78 is 10.7. The van der Waals surface area contributed by atoms with Crippen molar-refractivity contribution in [1.82, 2.24) is 0 Å². The lowest BCUT2D eigenvalue weighted by molar-refractivity contribution is 0.143. The number of hydrogen-bond donors (Lipinski definition) is 2. The van der Waals surface area contributed by atoms with Gasteiger partial charge in [0.2, 0.25) is 0 Å². The first-order chi connectivity index (χ1) is 10.2. The minimum absolute atomic E-state index is 0.202. The van der Waals surface area contributed by atoms with Crippen molar-refractivity contribution < 1.29 is 14.6 Å². The molecule has 0 aliphatic carbocycles. The first-order valence-corrected chi connectivity index (χ1v) is 6.86. The number of aliphatic hydroxyl groups is 1. The number of ether oxygens (including phenoxy) is 2. The second-order valence-corrected chi connectivity index (χ2v) is 4.78. The van der Waals surface area contributed by atoms with Crippen molar-refractivity contribution in [2.24, 2.45) is 5.73 Å². The van der Waals surface area contributed by atoms with Crippen LogP contribution in [-0.4, -0.2) is 25.9 Å². The third-order valence-corrected chi connectivity index (χ3v) is 3.61. The van der Waals surface area contributed by atoms with E-state index in [4.69, 9.17) is 15.2 Å². The zero-order chi connectivity index (χ0) is 15.2. The van der Waals surface area contributed by atoms with Crippen molar-refractivity contribution >= 4 is 0 Å². The fraction of sp³-hybridized carbons (Fsp3) is 0.294. The average Bonchev–Trinajstić information content (AvgIpc) is 2.55. The summed E-state index contributed by atoms with van der Waals surface area (Å²) in [6, 6.07) is 15.2. The Morgan fingerprint density at radius 1 is 1.00 bits per heavy atom. The number of methoxy groups -OCH3 is 2. The SMILES string of the molecule is COc1cccc(C(O)C(CN)c2ccccc2)c1OC. The molecule has 0 saturated heterocycles. The van der Waals surface area contributed by atoms with Gasteiger partial charge in [0.25, 0.3) is 0 Å². The summed E-state index contributed by atoms with van der Waals surface area (Å²) in [5.74, 6) is 0.937. The molecular formula is C17H21NO3. The Morgan fingerprint density at radius 2 is 1.71 bits per heavy atom. The molecular weight excluding hydrogens is 266 g/mol. The molecule has 0 aliphatic heterocycles. The lowest BCUT2D eigenvalue weighted by Crippen LogP contribution is -2.20. The predicted octanol–water partition coefficient (Wildman–Crippen LogP) is 2.48. The molecule has 0 spiro atoms. The molecule has 21 heavy (non-hydrogen) atoms. The van der Waals surface area contributed by atoms with Crippen LogP contribution >= 0.6 is 0 Å². The van der Waals surface area contributed by atoms with Crippen LogP contribution in [0.4, 0.5) is 0 Å². The summed E-state index contributed by atoms with van der Waals surface area (Å²) in [5.41, 5.74) is 7.55. The summed E-state index contributed by atoms with van der Waals surface area (Å²) in [4.78, 5) is 0. The van der Waals surface area contributed by atoms with E-state index in [1.54, 1.807) is 20.3 Å². The number of nitrogens with two attached hydrogens (primary N) is 1. The molecule has 0 aliphatic rings. The van der Waals surface area contributed by atoms with Crippen molar-refractivity contribution in [1.29, 1.82) is 0 Å². The summed E-state index contributed by atoms with van der Waals surface area (Å²) in [6.07, 6.45) is -0.762. The van der Waals surface area contributed by atoms with Crippen LogP contribution in [0, 0.1) is 0 Å². The molecule has 0 bridgehead atoms. The number of rotatable bonds is 6. The largest absolute Gasteiger partial charge is 0.493 e. The highest BCUT2D eigenvalue weighted by molar-refractivity contribution is 5.48. The molecule has 3 N–H and O–H groups in total. The minimum atomic E-state index is -0.762. The maximum Gasteiger partial charge on any atom is 0.166 e. The van der Waals surface area contributed by atoms with Gasteiger partial charge in [0.05, 0.1) is 20.3 Å². The highest BCUT2D eigenvalue weighted by Crippen LogP contribution is 2.39. The van der Waals surface area contributed by atoms with Gasteiger partial charge < -0.3 is 20.3 Å². The molecule has 2 aromatic carbocycles. The molecule has 4 nitrogen and oxygen atoms in total. The lowest BCUT2D eigenvalue weighted by Gasteiger charge is -2.24. The number of aliphatic hydroxyl groups excluding tert-OH is 1. The van der Waals surface area contributed by atoms with E-state index in [0.717, 1.165) is 5.56 Å². The van der Waals surface area contributed by atoms with Crippen molar-refractivity contribution in [3.63, 3.8) is 0 Å². The third-order valence-electron chi connectivity index (χ3n) is 3.61. The minimum Gasteiger partial charge on any atom is -0.493 e. The van der Waals surface area contributed by atoms with E-state index in [0.29, 0.717) is 23.6 Å². The Labute approximate surface area is 125 Å². The van der Waals surface area contributed by atoms with Crippen LogP contribution in [0.25, 0.3) is 0 Å². The van der Waals surface area contributed by atoms with Crippen LogP contribution < -0.4 is 15.2 Å². The van der Waals surface area contributed by atoms with E-state index in [-0.39, 0.29) is 5.92 Å². The van der Waals surface area contributed by atoms with Gasteiger partial charge in [-0.05, 0) is 11.6 Å². The Hall–Kier alpha value is -2.04. The molecule has 4 heteroatoms. The molecule has 0 amide bonds. The molecule has 0 heterocycles. The normalized spacial score (nSPS) is 13.5. The van der Waals surface area contributed by atoms with E-state index in [1.165, 1.54) is 0 Å². The van der Waals surface area contributed by atoms with E-state index >= 15 is 0 Å². The van der Waals surface area contributed by atoms with Crippen molar-refractivity contribution in [2.75, 3.05) is 20.8 Å². The fourth-order valence-electron chi connectivity index (χ4n) is 2.51. The van der Waals surface area contributed by atoms with Gasteiger partial charge in [-0.1, -0.05) is 42.5 Å². The number of hydrogen-bond acceptors (Lipinski definition) is 4. The first kappa shape index (κ1) is 15.4. The van der Waals surface area contributed by atoms with Gasteiger partial charge in [-0.2, -0.15) is 0 Å². The topological polar surface area (TPSA) is 64.7 Å². The molecule has 0 aromatic heterocycles. The van der Waals surface area contributed by atoms with Gasteiger partial charge >= 0.3 is 0 Å². The van der Waals surface area contributed by atoms with Crippen molar-refractivity contribution in [2.45, 2.75) is 12.0 Å². The summed E-state index contributed by atoms with van der Waals surface area (Å²) in [5, 5.41) is 10.8. The zero-order valence-electron chi connectivity index (χ0n) is 12.3. The van der Waals surface area contributed by atoms with E-state index in [2.05, 4.69) is 0 Å². The van der Waals surface area contributed by atoms with Crippen LogP contribution in [0.5, 0.6) is 11.5 Å². The molecule has 2 atom stereocenters. The zero-order valence-corrected chi connectivity index (χ0v) is 12.3. The molecule has 112 valence electrons. The van der Waals surface area contributed by atoms with Crippen molar-refractivity contribution in [3.8, 4) is 11.5 Å². The lowest BCUT2D eigenvalue weighted by atomic mass is 9.88. The molecule has 2 unspecified atom stereocenters. The van der Waals surface area contributed by atoms with Gasteiger partial charge in [-0.25, -0.2) is 0 Å². The van der Waals surface area contributed by atoms with E-state index < -0.39 is 6.10 Å². The Kier molecular flexibility index (Phi) is 5.20. The van der Waals surface area contributed by atoms with Gasteiger partial charge in [0, 0.05) is 18.0 Å². The standard InChI is InChI=1S/C17H21NO3/c1-20-15-10-6-9-13(17(15)21-2)16(19)14(11-18)12-7-4-3-5-8-12/h3-10,14,16,19H,11,18H2,1-2H3. The molecule has 2 aromatic rings. The van der Waals surface area contributed by atoms with Crippen LogP contribution in [-0.2, 0) is 0 Å². The monoisotopic (exact) mass is 287 g/mol. The Morgan fingerprint density at radius 3 is 2.29 bits per heavy atom. The second kappa shape index (κ2) is 7.11. The predicted molar refractivity (Wildman–Crippen MR) is 82.7 cm³/mol. The maximum atomic E-state index is 10.8. The molecule has 0 saturated carbocycles. The number of benzene rings is 2. The summed E-state index contributed by atoms with van der Waals surface area (Å²) in [7, 11) is 3.14. The molecule has 2 rings (SSSR count). The maximum absolute atomic E-state index is 10.8. The van der Waals surface area contributed by atoms with E-state index in [1.807, 2.05) is 42.5 Å². The quantitative estimate of drug-likeness (QED) is 0.856. The van der Waals surface area contributed by atoms with Crippen molar-refractivity contribution in [3.05, 3.63) is 59.7 Å². The summed E-state index contributed by atoms with van der Waals surface area (Å²) >= 11 is 0. The highest BCUT2D eigenvalue weighted by atomic mass is 16.5. The van der Waals surface area contributed by atoms with Gasteiger partial charge in [0.1, 0.15) is 0 Å². The number of para-hydroxylation sites is 1. The van der Waals surface area contributed by atoms with Gasteiger partial charge in [0.15, 0.2) is 11.5 Å². The fourth-order valence-corrected chi connectivity index (χ4v) is 2.51. The molecule has 0 radical (unpaired) electrons. The summed E-state index contributed by atoms with van der Waals surface area (Å²) in [6.45, 7) is 0.339. The third kappa shape index (κ3) is 3.17. The van der Waals surface area contributed by atoms with Crippen LogP contribution in [0.3, 0.4) is 0 Å². The van der Waals surface area contributed by atoms with Crippen LogP contribution in [0.15, 0.2) is 48.5 Å². The van der Waals surface area contributed by atoms with Crippen LogP contribution in [0.1, 0.15) is 23.1 Å².